The van der Waals surface area contributed by atoms with E-state index in [1.165, 1.54) is 45.2 Å². The van der Waals surface area contributed by atoms with Crippen LogP contribution in [0, 0.1) is 5.92 Å². The van der Waals surface area contributed by atoms with Gasteiger partial charge in [0.25, 0.3) is 0 Å². The van der Waals surface area contributed by atoms with E-state index in [1.807, 2.05) is 0 Å². The van der Waals surface area contributed by atoms with Gasteiger partial charge in [-0.05, 0) is 38.3 Å². The number of alkyl halides is 1. The molecule has 0 saturated carbocycles. The predicted octanol–water partition coefficient (Wildman–Crippen LogP) is 3.37. The van der Waals surface area contributed by atoms with Crippen molar-refractivity contribution in [3.63, 3.8) is 0 Å². The van der Waals surface area contributed by atoms with Gasteiger partial charge in [0.05, 0.1) is 0 Å². The molecule has 0 radical (unpaired) electrons. The standard InChI is InChI=1S/C11H22IN/c1-3-4-7-11(2,12)10-5-8-13-9-6-10/h10,13H,3-9H2,1-2H3. The van der Waals surface area contributed by atoms with Crippen LogP contribution in [0.1, 0.15) is 46.0 Å². The molecule has 0 aromatic rings. The lowest BCUT2D eigenvalue weighted by Gasteiger charge is -2.35. The highest BCUT2D eigenvalue weighted by Gasteiger charge is 2.31. The first-order valence-electron chi connectivity index (χ1n) is 5.56. The Labute approximate surface area is 96.2 Å². The molecule has 1 atom stereocenters. The smallest absolute Gasteiger partial charge is 0.0223 e. The zero-order chi connectivity index (χ0) is 9.73. The minimum absolute atomic E-state index is 0.551. The molecule has 1 fully saturated rings. The molecule has 0 aromatic carbocycles. The van der Waals surface area contributed by atoms with E-state index in [4.69, 9.17) is 0 Å². The number of nitrogens with one attached hydrogen (secondary N) is 1. The predicted molar refractivity (Wildman–Crippen MR) is 67.5 cm³/mol. The second kappa shape index (κ2) is 5.54. The summed E-state index contributed by atoms with van der Waals surface area (Å²) in [5.41, 5.74) is 0. The summed E-state index contributed by atoms with van der Waals surface area (Å²) in [6.45, 7) is 7.19. The fourth-order valence-electron chi connectivity index (χ4n) is 2.15. The largest absolute Gasteiger partial charge is 0.317 e. The Morgan fingerprint density at radius 1 is 1.38 bits per heavy atom. The number of halogens is 1. The van der Waals surface area contributed by atoms with Crippen LogP contribution in [0.5, 0.6) is 0 Å². The van der Waals surface area contributed by atoms with Gasteiger partial charge >= 0.3 is 0 Å². The topological polar surface area (TPSA) is 12.0 Å². The minimum atomic E-state index is 0.551. The van der Waals surface area contributed by atoms with Crippen molar-refractivity contribution in [1.82, 2.24) is 5.32 Å². The molecule has 1 aliphatic rings. The quantitative estimate of drug-likeness (QED) is 0.619. The minimum Gasteiger partial charge on any atom is -0.317 e. The van der Waals surface area contributed by atoms with Crippen LogP contribution in [0.2, 0.25) is 0 Å². The zero-order valence-electron chi connectivity index (χ0n) is 8.91. The highest BCUT2D eigenvalue weighted by Crippen LogP contribution is 2.38. The van der Waals surface area contributed by atoms with Crippen molar-refractivity contribution < 1.29 is 0 Å². The van der Waals surface area contributed by atoms with Crippen molar-refractivity contribution in [2.75, 3.05) is 13.1 Å². The lowest BCUT2D eigenvalue weighted by atomic mass is 9.83. The summed E-state index contributed by atoms with van der Waals surface area (Å²) in [5, 5.41) is 3.44. The van der Waals surface area contributed by atoms with Crippen LogP contribution >= 0.6 is 22.6 Å². The van der Waals surface area contributed by atoms with Crippen LogP contribution in [-0.4, -0.2) is 16.5 Å². The normalized spacial score (nSPS) is 24.2. The van der Waals surface area contributed by atoms with E-state index in [2.05, 4.69) is 41.8 Å². The van der Waals surface area contributed by atoms with Gasteiger partial charge in [0.1, 0.15) is 0 Å². The van der Waals surface area contributed by atoms with Crippen molar-refractivity contribution in [3.8, 4) is 0 Å². The van der Waals surface area contributed by atoms with Gasteiger partial charge in [-0.15, -0.1) is 0 Å². The second-order valence-corrected chi connectivity index (χ2v) is 6.87. The summed E-state index contributed by atoms with van der Waals surface area (Å²) in [6.07, 6.45) is 6.88. The van der Waals surface area contributed by atoms with Crippen molar-refractivity contribution in [2.24, 2.45) is 5.92 Å². The van der Waals surface area contributed by atoms with Gasteiger partial charge in [0, 0.05) is 3.42 Å². The van der Waals surface area contributed by atoms with Crippen LogP contribution < -0.4 is 5.32 Å². The van der Waals surface area contributed by atoms with Gasteiger partial charge in [-0.25, -0.2) is 0 Å². The zero-order valence-corrected chi connectivity index (χ0v) is 11.1. The van der Waals surface area contributed by atoms with E-state index < -0.39 is 0 Å². The number of piperidine rings is 1. The van der Waals surface area contributed by atoms with Gasteiger partial charge in [-0.2, -0.15) is 0 Å². The Hall–Kier alpha value is 0.690. The fraction of sp³-hybridized carbons (Fsp3) is 1.00. The third-order valence-corrected chi connectivity index (χ3v) is 4.63. The molecular weight excluding hydrogens is 273 g/mol. The molecule has 1 heterocycles. The van der Waals surface area contributed by atoms with Gasteiger partial charge in [-0.3, -0.25) is 0 Å². The van der Waals surface area contributed by atoms with E-state index in [-0.39, 0.29) is 0 Å². The molecule has 1 saturated heterocycles. The highest BCUT2D eigenvalue weighted by atomic mass is 127. The molecule has 13 heavy (non-hydrogen) atoms. The first-order valence-corrected chi connectivity index (χ1v) is 6.64. The summed E-state index contributed by atoms with van der Waals surface area (Å²) >= 11 is 2.69. The van der Waals surface area contributed by atoms with Crippen molar-refractivity contribution in [2.45, 2.75) is 49.4 Å². The highest BCUT2D eigenvalue weighted by molar-refractivity contribution is 14.1. The summed E-state index contributed by atoms with van der Waals surface area (Å²) in [6, 6.07) is 0. The molecule has 0 spiro atoms. The average molecular weight is 295 g/mol. The summed E-state index contributed by atoms with van der Waals surface area (Å²) < 4.78 is 0.551. The lowest BCUT2D eigenvalue weighted by molar-refractivity contribution is 0.301. The summed E-state index contributed by atoms with van der Waals surface area (Å²) in [7, 11) is 0. The van der Waals surface area contributed by atoms with Crippen LogP contribution in [0.4, 0.5) is 0 Å². The van der Waals surface area contributed by atoms with Crippen molar-refractivity contribution >= 4 is 22.6 Å². The van der Waals surface area contributed by atoms with Crippen LogP contribution in [0.15, 0.2) is 0 Å². The second-order valence-electron chi connectivity index (χ2n) is 4.41. The first-order chi connectivity index (χ1) is 6.17. The van der Waals surface area contributed by atoms with Crippen LogP contribution in [0.25, 0.3) is 0 Å². The Morgan fingerprint density at radius 2 is 2.00 bits per heavy atom. The van der Waals surface area contributed by atoms with E-state index >= 15 is 0 Å². The van der Waals surface area contributed by atoms with E-state index in [0.29, 0.717) is 3.42 Å². The number of hydrogen-bond acceptors (Lipinski definition) is 1. The Balaban J connectivity index is 2.36. The Morgan fingerprint density at radius 3 is 2.54 bits per heavy atom. The molecule has 1 rings (SSSR count). The van der Waals surface area contributed by atoms with Gasteiger partial charge in [0.15, 0.2) is 0 Å². The lowest BCUT2D eigenvalue weighted by Crippen LogP contribution is -2.37. The van der Waals surface area contributed by atoms with Gasteiger partial charge in [-0.1, -0.05) is 49.3 Å². The van der Waals surface area contributed by atoms with Gasteiger partial charge < -0.3 is 5.32 Å². The molecule has 1 aliphatic heterocycles. The SMILES string of the molecule is CCCCC(C)(I)C1CCNCC1. The van der Waals surface area contributed by atoms with E-state index in [9.17, 15) is 0 Å². The monoisotopic (exact) mass is 295 g/mol. The molecule has 2 heteroatoms. The Kier molecular flexibility index (Phi) is 5.01. The average Bonchev–Trinajstić information content (AvgIpc) is 2.16. The number of rotatable bonds is 4. The molecule has 78 valence electrons. The number of hydrogen-bond donors (Lipinski definition) is 1. The van der Waals surface area contributed by atoms with E-state index in [0.717, 1.165) is 5.92 Å². The molecular formula is C11H22IN. The Bertz CT molecular complexity index is 139. The molecule has 1 N–H and O–H groups in total. The molecule has 1 unspecified atom stereocenters. The summed E-state index contributed by atoms with van der Waals surface area (Å²) in [4.78, 5) is 0. The van der Waals surface area contributed by atoms with Crippen molar-refractivity contribution in [1.29, 1.82) is 0 Å². The first kappa shape index (κ1) is 11.8. The fourth-order valence-corrected chi connectivity index (χ4v) is 3.15. The molecule has 0 aliphatic carbocycles. The van der Waals surface area contributed by atoms with Crippen LogP contribution in [-0.2, 0) is 0 Å². The maximum Gasteiger partial charge on any atom is 0.0223 e. The molecule has 1 nitrogen and oxygen atoms in total. The third-order valence-electron chi connectivity index (χ3n) is 3.21. The van der Waals surface area contributed by atoms with Gasteiger partial charge in [0.2, 0.25) is 0 Å². The third kappa shape index (κ3) is 3.74. The van der Waals surface area contributed by atoms with Crippen molar-refractivity contribution in [3.05, 3.63) is 0 Å². The number of unbranched alkanes of at least 4 members (excludes halogenated alkanes) is 1. The molecule has 0 bridgehead atoms. The molecule has 0 amide bonds. The maximum absolute atomic E-state index is 3.44. The summed E-state index contributed by atoms with van der Waals surface area (Å²) in [5.74, 6) is 0.945. The maximum atomic E-state index is 3.44. The molecule has 0 aromatic heterocycles. The van der Waals surface area contributed by atoms with E-state index in [1.54, 1.807) is 0 Å². The van der Waals surface area contributed by atoms with Crippen LogP contribution in [0.3, 0.4) is 0 Å².